The van der Waals surface area contributed by atoms with Gasteiger partial charge in [0.25, 0.3) is 0 Å². The third-order valence-corrected chi connectivity index (χ3v) is 3.36. The summed E-state index contributed by atoms with van der Waals surface area (Å²) in [7, 11) is 0. The Kier molecular flexibility index (Phi) is 4.70. The lowest BCUT2D eigenvalue weighted by Gasteiger charge is -2.15. The van der Waals surface area contributed by atoms with Crippen LogP contribution in [0.1, 0.15) is 42.4 Å². The van der Waals surface area contributed by atoms with Crippen molar-refractivity contribution in [1.29, 1.82) is 0 Å². The summed E-state index contributed by atoms with van der Waals surface area (Å²) in [6, 6.07) is 3.98. The number of nitrogen functional groups attached to an aromatic ring is 1. The molecule has 0 aliphatic rings. The average Bonchev–Trinajstić information content (AvgIpc) is 2.47. The molecule has 2 heterocycles. The van der Waals surface area contributed by atoms with Crippen LogP contribution in [0.5, 0.6) is 0 Å². The molecule has 0 saturated heterocycles. The quantitative estimate of drug-likeness (QED) is 0.578. The molecule has 6 nitrogen and oxygen atoms in total. The summed E-state index contributed by atoms with van der Waals surface area (Å²) < 4.78 is 0. The van der Waals surface area contributed by atoms with E-state index in [4.69, 9.17) is 5.84 Å². The summed E-state index contributed by atoms with van der Waals surface area (Å²) in [6.45, 7) is 8.71. The van der Waals surface area contributed by atoms with E-state index in [0.29, 0.717) is 12.4 Å². The van der Waals surface area contributed by atoms with E-state index in [-0.39, 0.29) is 5.92 Å². The highest BCUT2D eigenvalue weighted by Crippen LogP contribution is 2.23. The zero-order valence-electron chi connectivity index (χ0n) is 12.9. The minimum Gasteiger partial charge on any atom is -0.364 e. The summed E-state index contributed by atoms with van der Waals surface area (Å²) in [5.41, 5.74) is 5.69. The van der Waals surface area contributed by atoms with Gasteiger partial charge in [-0.1, -0.05) is 19.9 Å². The molecule has 0 unspecified atom stereocenters. The van der Waals surface area contributed by atoms with Gasteiger partial charge in [0.2, 0.25) is 0 Å². The first-order chi connectivity index (χ1) is 10.0. The van der Waals surface area contributed by atoms with Crippen LogP contribution in [0, 0.1) is 13.8 Å². The summed E-state index contributed by atoms with van der Waals surface area (Å²) in [5.74, 6) is 7.96. The van der Waals surface area contributed by atoms with Crippen LogP contribution in [0.2, 0.25) is 0 Å². The van der Waals surface area contributed by atoms with Gasteiger partial charge in [-0.3, -0.25) is 4.98 Å². The van der Waals surface area contributed by atoms with Crippen molar-refractivity contribution >= 4 is 11.6 Å². The van der Waals surface area contributed by atoms with Gasteiger partial charge < -0.3 is 10.7 Å². The van der Waals surface area contributed by atoms with E-state index in [0.717, 1.165) is 28.5 Å². The monoisotopic (exact) mass is 286 g/mol. The number of hydrogen-bond acceptors (Lipinski definition) is 6. The molecule has 0 aliphatic heterocycles. The van der Waals surface area contributed by atoms with Crippen LogP contribution in [0.25, 0.3) is 0 Å². The lowest BCUT2D eigenvalue weighted by molar-refractivity contribution is 0.772. The number of hydrazine groups is 1. The predicted octanol–water partition coefficient (Wildman–Crippen LogP) is 2.51. The molecule has 112 valence electrons. The average molecular weight is 286 g/mol. The molecular formula is C15H22N6. The van der Waals surface area contributed by atoms with Crippen molar-refractivity contribution in [3.63, 3.8) is 0 Å². The van der Waals surface area contributed by atoms with Crippen molar-refractivity contribution in [1.82, 2.24) is 15.0 Å². The largest absolute Gasteiger partial charge is 0.364 e. The van der Waals surface area contributed by atoms with Crippen LogP contribution in [0.3, 0.4) is 0 Å². The minimum absolute atomic E-state index is 0.231. The minimum atomic E-state index is 0.231. The first-order valence-electron chi connectivity index (χ1n) is 7.02. The maximum absolute atomic E-state index is 5.54. The molecule has 21 heavy (non-hydrogen) atoms. The SMILES string of the molecule is Cc1cccnc1CNc1nc(C(C)C)nc(NN)c1C. The predicted molar refractivity (Wildman–Crippen MR) is 85.0 cm³/mol. The van der Waals surface area contributed by atoms with Gasteiger partial charge in [-0.15, -0.1) is 0 Å². The molecule has 2 aromatic heterocycles. The van der Waals surface area contributed by atoms with Gasteiger partial charge in [-0.2, -0.15) is 0 Å². The van der Waals surface area contributed by atoms with E-state index in [1.807, 2.05) is 26.0 Å². The zero-order valence-corrected chi connectivity index (χ0v) is 12.9. The van der Waals surface area contributed by atoms with Crippen molar-refractivity contribution in [2.45, 2.75) is 40.2 Å². The van der Waals surface area contributed by atoms with Crippen molar-refractivity contribution < 1.29 is 0 Å². The second-order valence-electron chi connectivity index (χ2n) is 5.32. The number of nitrogens with one attached hydrogen (secondary N) is 2. The highest BCUT2D eigenvalue weighted by atomic mass is 15.3. The van der Waals surface area contributed by atoms with Gasteiger partial charge in [-0.05, 0) is 25.5 Å². The Labute approximate surface area is 125 Å². The topological polar surface area (TPSA) is 88.8 Å². The lowest BCUT2D eigenvalue weighted by atomic mass is 10.2. The molecule has 0 atom stereocenters. The Hall–Kier alpha value is -2.21. The third-order valence-electron chi connectivity index (χ3n) is 3.36. The van der Waals surface area contributed by atoms with E-state index < -0.39 is 0 Å². The maximum atomic E-state index is 5.54. The highest BCUT2D eigenvalue weighted by molar-refractivity contribution is 5.57. The Morgan fingerprint density at radius 2 is 1.90 bits per heavy atom. The summed E-state index contributed by atoms with van der Waals surface area (Å²) >= 11 is 0. The van der Waals surface area contributed by atoms with E-state index in [1.165, 1.54) is 0 Å². The Balaban J connectivity index is 2.27. The van der Waals surface area contributed by atoms with Crippen molar-refractivity contribution in [2.75, 3.05) is 10.7 Å². The molecule has 6 heteroatoms. The Morgan fingerprint density at radius 3 is 2.52 bits per heavy atom. The molecule has 0 aliphatic carbocycles. The van der Waals surface area contributed by atoms with Gasteiger partial charge in [0.1, 0.15) is 17.5 Å². The second-order valence-corrected chi connectivity index (χ2v) is 5.32. The van der Waals surface area contributed by atoms with Crippen molar-refractivity contribution in [3.05, 3.63) is 41.0 Å². The van der Waals surface area contributed by atoms with Crippen LogP contribution in [-0.2, 0) is 6.54 Å². The van der Waals surface area contributed by atoms with Gasteiger partial charge >= 0.3 is 0 Å². The number of aromatic nitrogens is 3. The molecule has 4 N–H and O–H groups in total. The number of nitrogens with zero attached hydrogens (tertiary/aromatic N) is 3. The zero-order chi connectivity index (χ0) is 15.4. The molecule has 0 bridgehead atoms. The van der Waals surface area contributed by atoms with Crippen molar-refractivity contribution in [2.24, 2.45) is 5.84 Å². The van der Waals surface area contributed by atoms with Gasteiger partial charge in [0.15, 0.2) is 0 Å². The first-order valence-corrected chi connectivity index (χ1v) is 7.02. The van der Waals surface area contributed by atoms with Gasteiger partial charge in [-0.25, -0.2) is 15.8 Å². The van der Waals surface area contributed by atoms with Gasteiger partial charge in [0.05, 0.1) is 12.2 Å². The number of aryl methyl sites for hydroxylation is 1. The number of pyridine rings is 1. The molecule has 0 amide bonds. The van der Waals surface area contributed by atoms with Crippen LogP contribution < -0.4 is 16.6 Å². The smallest absolute Gasteiger partial charge is 0.148 e. The second kappa shape index (κ2) is 6.49. The number of rotatable bonds is 5. The van der Waals surface area contributed by atoms with E-state index in [1.54, 1.807) is 6.20 Å². The normalized spacial score (nSPS) is 10.8. The third kappa shape index (κ3) is 3.46. The first kappa shape index (κ1) is 15.2. The van der Waals surface area contributed by atoms with E-state index >= 15 is 0 Å². The van der Waals surface area contributed by atoms with Crippen LogP contribution in [-0.4, -0.2) is 15.0 Å². The molecule has 0 spiro atoms. The van der Waals surface area contributed by atoms with Crippen LogP contribution >= 0.6 is 0 Å². The molecule has 2 rings (SSSR count). The summed E-state index contributed by atoms with van der Waals surface area (Å²) in [6.07, 6.45) is 1.79. The fourth-order valence-electron chi connectivity index (χ4n) is 1.98. The van der Waals surface area contributed by atoms with Crippen molar-refractivity contribution in [3.8, 4) is 0 Å². The highest BCUT2D eigenvalue weighted by Gasteiger charge is 2.12. The molecule has 2 aromatic rings. The maximum Gasteiger partial charge on any atom is 0.148 e. The number of anilines is 2. The molecule has 0 saturated carbocycles. The molecular weight excluding hydrogens is 264 g/mol. The Bertz CT molecular complexity index is 624. The standard InChI is InChI=1S/C15H22N6/c1-9(2)13-19-14(11(4)15(20-13)21-16)18-8-12-10(3)6-5-7-17-12/h5-7,9H,8,16H2,1-4H3,(H2,18,19,20,21). The molecule has 0 fully saturated rings. The Morgan fingerprint density at radius 1 is 1.19 bits per heavy atom. The molecule has 0 aromatic carbocycles. The summed E-state index contributed by atoms with van der Waals surface area (Å²) in [4.78, 5) is 13.4. The van der Waals surface area contributed by atoms with E-state index in [2.05, 4.69) is 39.5 Å². The number of nitrogens with two attached hydrogens (primary N) is 1. The lowest BCUT2D eigenvalue weighted by Crippen LogP contribution is -2.15. The number of hydrogen-bond donors (Lipinski definition) is 3. The van der Waals surface area contributed by atoms with Gasteiger partial charge in [0, 0.05) is 17.7 Å². The van der Waals surface area contributed by atoms with Crippen LogP contribution in [0.4, 0.5) is 11.6 Å². The summed E-state index contributed by atoms with van der Waals surface area (Å²) in [5, 5.41) is 3.33. The van der Waals surface area contributed by atoms with Crippen LogP contribution in [0.15, 0.2) is 18.3 Å². The fourth-order valence-corrected chi connectivity index (χ4v) is 1.98. The molecule has 0 radical (unpaired) electrons. The van der Waals surface area contributed by atoms with E-state index in [9.17, 15) is 0 Å². The fraction of sp³-hybridized carbons (Fsp3) is 0.400.